The van der Waals surface area contributed by atoms with E-state index in [1.54, 1.807) is 0 Å². The average molecular weight is 301 g/mol. The summed E-state index contributed by atoms with van der Waals surface area (Å²) in [5.74, 6) is 3.39. The Morgan fingerprint density at radius 2 is 2.29 bits per heavy atom. The third kappa shape index (κ3) is 4.11. The van der Waals surface area contributed by atoms with Gasteiger partial charge < -0.3 is 0 Å². The normalized spacial score (nSPS) is 27.7. The van der Waals surface area contributed by atoms with E-state index >= 15 is 0 Å². The minimum atomic E-state index is -2.71. The second-order valence-corrected chi connectivity index (χ2v) is 8.46. The highest BCUT2D eigenvalue weighted by Crippen LogP contribution is 2.29. The minimum absolute atomic E-state index is 0.345. The molecule has 0 radical (unpaired) electrons. The molecule has 1 aliphatic rings. The molecule has 0 bridgehead atoms. The van der Waals surface area contributed by atoms with Crippen molar-refractivity contribution in [2.75, 3.05) is 23.0 Å². The number of alkyl halides is 1. The maximum absolute atomic E-state index is 11.2. The monoisotopic (exact) mass is 300 g/mol. The fourth-order valence-corrected chi connectivity index (χ4v) is 5.50. The number of rotatable bonds is 5. The molecule has 2 atom stereocenters. The molecule has 0 aromatic carbocycles. The first kappa shape index (κ1) is 12.8. The summed E-state index contributed by atoms with van der Waals surface area (Å²) in [7, 11) is -2.71. The fourth-order valence-electron chi connectivity index (χ4n) is 1.68. The van der Waals surface area contributed by atoms with Crippen LogP contribution in [0, 0.1) is 5.92 Å². The van der Waals surface area contributed by atoms with Crippen LogP contribution in [0.15, 0.2) is 0 Å². The summed E-state index contributed by atoms with van der Waals surface area (Å²) < 4.78 is 22.5. The lowest BCUT2D eigenvalue weighted by molar-refractivity contribution is 0.558. The number of sulfone groups is 1. The molecule has 1 saturated heterocycles. The topological polar surface area (TPSA) is 34.1 Å². The van der Waals surface area contributed by atoms with Gasteiger partial charge in [-0.2, -0.15) is 11.8 Å². The molecule has 14 heavy (non-hydrogen) atoms. The van der Waals surface area contributed by atoms with Crippen LogP contribution in [0.2, 0.25) is 0 Å². The third-order valence-electron chi connectivity index (χ3n) is 2.52. The quantitative estimate of drug-likeness (QED) is 0.577. The summed E-state index contributed by atoms with van der Waals surface area (Å²) in [6.07, 6.45) is 1.92. The predicted octanol–water partition coefficient (Wildman–Crippen LogP) is 2.33. The van der Waals surface area contributed by atoms with Crippen LogP contribution in [0.5, 0.6) is 0 Å². The Hall–Kier alpha value is 0.780. The first-order valence-corrected chi connectivity index (χ1v) is 8.86. The molecule has 0 amide bonds. The van der Waals surface area contributed by atoms with Gasteiger partial charge >= 0.3 is 0 Å². The van der Waals surface area contributed by atoms with Crippen molar-refractivity contribution in [1.82, 2.24) is 0 Å². The van der Waals surface area contributed by atoms with E-state index in [1.165, 1.54) is 0 Å². The van der Waals surface area contributed by atoms with Gasteiger partial charge in [-0.1, -0.05) is 22.9 Å². The second-order valence-electron chi connectivity index (χ2n) is 3.66. The van der Waals surface area contributed by atoms with Gasteiger partial charge in [-0.05, 0) is 30.3 Å². The molecule has 84 valence electrons. The van der Waals surface area contributed by atoms with Crippen molar-refractivity contribution in [3.05, 3.63) is 0 Å². The van der Waals surface area contributed by atoms with Crippen molar-refractivity contribution in [1.29, 1.82) is 0 Å². The highest BCUT2D eigenvalue weighted by molar-refractivity contribution is 9.09. The maximum atomic E-state index is 11.2. The number of hydrogen-bond acceptors (Lipinski definition) is 3. The first-order chi connectivity index (χ1) is 6.55. The largest absolute Gasteiger partial charge is 0.229 e. The Balaban J connectivity index is 2.29. The molecule has 1 aliphatic heterocycles. The molecular weight excluding hydrogens is 284 g/mol. The zero-order valence-corrected chi connectivity index (χ0v) is 11.6. The van der Waals surface area contributed by atoms with Crippen LogP contribution in [-0.2, 0) is 9.84 Å². The predicted molar refractivity (Wildman–Crippen MR) is 67.1 cm³/mol. The molecule has 1 rings (SSSR count). The van der Waals surface area contributed by atoms with Crippen LogP contribution in [-0.4, -0.2) is 36.3 Å². The summed E-state index contributed by atoms with van der Waals surface area (Å²) in [6.45, 7) is 2.15. The smallest absolute Gasteiger partial charge is 0.150 e. The highest BCUT2D eigenvalue weighted by atomic mass is 79.9. The summed E-state index contributed by atoms with van der Waals surface area (Å²) >= 11 is 5.52. The molecule has 5 heteroatoms. The van der Waals surface area contributed by atoms with Gasteiger partial charge in [0.1, 0.15) is 0 Å². The molecule has 0 aromatic rings. The number of thioether (sulfide) groups is 1. The van der Waals surface area contributed by atoms with Gasteiger partial charge in [0.15, 0.2) is 9.84 Å². The molecular formula is C9H17BrO2S2. The lowest BCUT2D eigenvalue weighted by Crippen LogP contribution is -2.16. The molecule has 2 nitrogen and oxygen atoms in total. The average Bonchev–Trinajstić information content (AvgIpc) is 2.46. The minimum Gasteiger partial charge on any atom is -0.229 e. The molecule has 0 aliphatic carbocycles. The lowest BCUT2D eigenvalue weighted by Gasteiger charge is -2.15. The summed E-state index contributed by atoms with van der Waals surface area (Å²) in [5.41, 5.74) is 0. The van der Waals surface area contributed by atoms with Crippen LogP contribution in [0.1, 0.15) is 19.8 Å². The van der Waals surface area contributed by atoms with Crippen LogP contribution in [0.4, 0.5) is 0 Å². The Bertz CT molecular complexity index is 264. The molecule has 1 heterocycles. The van der Waals surface area contributed by atoms with Crippen molar-refractivity contribution < 1.29 is 8.42 Å². The van der Waals surface area contributed by atoms with Crippen LogP contribution in [0.3, 0.4) is 0 Å². The van der Waals surface area contributed by atoms with E-state index in [2.05, 4.69) is 22.9 Å². The Morgan fingerprint density at radius 1 is 1.57 bits per heavy atom. The van der Waals surface area contributed by atoms with Crippen LogP contribution >= 0.6 is 27.7 Å². The van der Waals surface area contributed by atoms with Gasteiger partial charge in [-0.3, -0.25) is 0 Å². The van der Waals surface area contributed by atoms with Crippen molar-refractivity contribution in [3.8, 4) is 0 Å². The van der Waals surface area contributed by atoms with E-state index in [4.69, 9.17) is 0 Å². The molecule has 0 N–H and O–H groups in total. The maximum Gasteiger partial charge on any atom is 0.150 e. The SMILES string of the molecule is CCSCCC(Br)C1CCS(=O)(=O)C1. The van der Waals surface area contributed by atoms with Gasteiger partial charge in [-0.25, -0.2) is 8.42 Å². The van der Waals surface area contributed by atoms with Gasteiger partial charge in [0.2, 0.25) is 0 Å². The summed E-state index contributed by atoms with van der Waals surface area (Å²) in [4.78, 5) is 0.388. The molecule has 0 spiro atoms. The highest BCUT2D eigenvalue weighted by Gasteiger charge is 2.31. The molecule has 0 aromatic heterocycles. The fraction of sp³-hybridized carbons (Fsp3) is 1.00. The second kappa shape index (κ2) is 5.75. The zero-order chi connectivity index (χ0) is 10.6. The van der Waals surface area contributed by atoms with Crippen molar-refractivity contribution in [2.24, 2.45) is 5.92 Å². The Kier molecular flexibility index (Phi) is 5.28. The van der Waals surface area contributed by atoms with Gasteiger partial charge in [0, 0.05) is 4.83 Å². The van der Waals surface area contributed by atoms with E-state index in [1.807, 2.05) is 11.8 Å². The standard InChI is InChI=1S/C9H17BrO2S2/c1-2-13-5-3-9(10)8-4-6-14(11,12)7-8/h8-9H,2-7H2,1H3. The van der Waals surface area contributed by atoms with E-state index in [0.29, 0.717) is 22.3 Å². The molecule has 0 saturated carbocycles. The van der Waals surface area contributed by atoms with Crippen LogP contribution in [0.25, 0.3) is 0 Å². The first-order valence-electron chi connectivity index (χ1n) is 4.97. The van der Waals surface area contributed by atoms with Crippen molar-refractivity contribution in [3.63, 3.8) is 0 Å². The van der Waals surface area contributed by atoms with Crippen molar-refractivity contribution in [2.45, 2.75) is 24.6 Å². The van der Waals surface area contributed by atoms with Gasteiger partial charge in [0.05, 0.1) is 11.5 Å². The zero-order valence-electron chi connectivity index (χ0n) is 8.41. The Morgan fingerprint density at radius 3 is 2.79 bits per heavy atom. The molecule has 2 unspecified atom stereocenters. The molecule has 1 fully saturated rings. The van der Waals surface area contributed by atoms with E-state index in [9.17, 15) is 8.42 Å². The van der Waals surface area contributed by atoms with Crippen LogP contribution < -0.4 is 0 Å². The number of hydrogen-bond donors (Lipinski definition) is 0. The van der Waals surface area contributed by atoms with Gasteiger partial charge in [0.25, 0.3) is 0 Å². The summed E-state index contributed by atoms with van der Waals surface area (Å²) in [6, 6.07) is 0. The van der Waals surface area contributed by atoms with E-state index in [-0.39, 0.29) is 0 Å². The third-order valence-corrected chi connectivity index (χ3v) is 6.45. The Labute approximate surface area is 99.3 Å². The number of halogens is 1. The van der Waals surface area contributed by atoms with E-state index < -0.39 is 9.84 Å². The van der Waals surface area contributed by atoms with E-state index in [0.717, 1.165) is 24.3 Å². The van der Waals surface area contributed by atoms with Gasteiger partial charge in [-0.15, -0.1) is 0 Å². The van der Waals surface area contributed by atoms with Crippen molar-refractivity contribution >= 4 is 37.5 Å². The lowest BCUT2D eigenvalue weighted by atomic mass is 10.0. The summed E-state index contributed by atoms with van der Waals surface area (Å²) in [5, 5.41) is 0.